The molecule has 0 aromatic carbocycles. The monoisotopic (exact) mass is 347 g/mol. The molecular formula is C18H25N3O4. The fourth-order valence-electron chi connectivity index (χ4n) is 3.92. The fourth-order valence-corrected chi connectivity index (χ4v) is 3.92. The number of carbonyl (C=O) groups excluding carboxylic acids is 2. The van der Waals surface area contributed by atoms with Gasteiger partial charge in [0.15, 0.2) is 0 Å². The molecule has 0 bridgehead atoms. The second-order valence-electron chi connectivity index (χ2n) is 6.57. The minimum Gasteiger partial charge on any atom is -0.481 e. The van der Waals surface area contributed by atoms with Gasteiger partial charge < -0.3 is 19.3 Å². The van der Waals surface area contributed by atoms with Crippen molar-refractivity contribution in [3.63, 3.8) is 0 Å². The number of hydrogen-bond donors (Lipinski definition) is 0. The van der Waals surface area contributed by atoms with E-state index < -0.39 is 5.54 Å². The summed E-state index contributed by atoms with van der Waals surface area (Å²) in [5.74, 6) is 0.393. The zero-order chi connectivity index (χ0) is 17.9. The number of rotatable bonds is 5. The van der Waals surface area contributed by atoms with Gasteiger partial charge in [-0.2, -0.15) is 0 Å². The van der Waals surface area contributed by atoms with Crippen molar-refractivity contribution in [3.8, 4) is 5.88 Å². The number of carbonyl (C=O) groups is 2. The molecule has 0 radical (unpaired) electrons. The Morgan fingerprint density at radius 3 is 2.64 bits per heavy atom. The molecule has 3 rings (SSSR count). The highest BCUT2D eigenvalue weighted by Crippen LogP contribution is 2.39. The van der Waals surface area contributed by atoms with Crippen LogP contribution in [-0.2, 0) is 9.53 Å². The average molecular weight is 347 g/mol. The van der Waals surface area contributed by atoms with E-state index >= 15 is 0 Å². The number of ether oxygens (including phenoxy) is 2. The highest BCUT2D eigenvalue weighted by molar-refractivity contribution is 5.99. The van der Waals surface area contributed by atoms with Gasteiger partial charge in [-0.25, -0.2) is 4.98 Å². The summed E-state index contributed by atoms with van der Waals surface area (Å²) >= 11 is 0. The second-order valence-corrected chi connectivity index (χ2v) is 6.57. The van der Waals surface area contributed by atoms with E-state index in [9.17, 15) is 9.59 Å². The first-order valence-electron chi connectivity index (χ1n) is 8.73. The molecule has 3 heterocycles. The summed E-state index contributed by atoms with van der Waals surface area (Å²) in [5, 5.41) is 0. The lowest BCUT2D eigenvalue weighted by Crippen LogP contribution is -2.61. The number of amides is 2. The molecule has 25 heavy (non-hydrogen) atoms. The smallest absolute Gasteiger partial charge is 0.256 e. The summed E-state index contributed by atoms with van der Waals surface area (Å²) in [6.45, 7) is 2.42. The van der Waals surface area contributed by atoms with E-state index in [-0.39, 0.29) is 11.8 Å². The van der Waals surface area contributed by atoms with Crippen LogP contribution in [0.25, 0.3) is 0 Å². The van der Waals surface area contributed by atoms with Gasteiger partial charge in [-0.1, -0.05) is 0 Å². The summed E-state index contributed by atoms with van der Waals surface area (Å²) in [6, 6.07) is 3.37. The lowest BCUT2D eigenvalue weighted by atomic mass is 9.85. The highest BCUT2D eigenvalue weighted by atomic mass is 16.5. The van der Waals surface area contributed by atoms with Crippen LogP contribution in [0.2, 0.25) is 0 Å². The van der Waals surface area contributed by atoms with Crippen LogP contribution >= 0.6 is 0 Å². The Bertz CT molecular complexity index is 634. The van der Waals surface area contributed by atoms with Crippen molar-refractivity contribution >= 4 is 11.8 Å². The van der Waals surface area contributed by atoms with E-state index in [1.807, 2.05) is 4.90 Å². The lowest BCUT2D eigenvalue weighted by Gasteiger charge is -2.44. The van der Waals surface area contributed by atoms with Crippen molar-refractivity contribution < 1.29 is 19.1 Å². The molecule has 2 amide bonds. The van der Waals surface area contributed by atoms with Crippen molar-refractivity contribution in [2.45, 2.75) is 31.2 Å². The van der Waals surface area contributed by atoms with Crippen LogP contribution < -0.4 is 4.74 Å². The molecule has 0 saturated carbocycles. The molecular weight excluding hydrogens is 322 g/mol. The van der Waals surface area contributed by atoms with E-state index in [1.165, 1.54) is 13.3 Å². The Morgan fingerprint density at radius 1 is 1.24 bits per heavy atom. The summed E-state index contributed by atoms with van der Waals surface area (Å²) in [6.07, 6.45) is 4.72. The first-order valence-corrected chi connectivity index (χ1v) is 8.73. The standard InChI is InChI=1S/C18H25N3O4/c1-24-12-11-20-9-3-7-18(17(20)23)8-4-10-21(18)16(22)14-5-6-15(25-2)19-13-14/h5-6,13H,3-4,7-12H2,1-2H3. The minimum absolute atomic E-state index is 0.0584. The maximum Gasteiger partial charge on any atom is 0.256 e. The van der Waals surface area contributed by atoms with E-state index in [4.69, 9.17) is 9.47 Å². The van der Waals surface area contributed by atoms with Crippen LogP contribution in [-0.4, -0.2) is 72.6 Å². The molecule has 7 heteroatoms. The van der Waals surface area contributed by atoms with Gasteiger partial charge >= 0.3 is 0 Å². The van der Waals surface area contributed by atoms with E-state index in [2.05, 4.69) is 4.98 Å². The quantitative estimate of drug-likeness (QED) is 0.804. The number of aromatic nitrogens is 1. The van der Waals surface area contributed by atoms with Crippen LogP contribution in [0.4, 0.5) is 0 Å². The molecule has 1 spiro atoms. The topological polar surface area (TPSA) is 72.0 Å². The van der Waals surface area contributed by atoms with Crippen LogP contribution in [0.3, 0.4) is 0 Å². The zero-order valence-electron chi connectivity index (χ0n) is 14.9. The normalized spacial score (nSPS) is 23.4. The second kappa shape index (κ2) is 7.39. The molecule has 0 aliphatic carbocycles. The third kappa shape index (κ3) is 3.20. The number of methoxy groups -OCH3 is 2. The SMILES string of the molecule is COCCN1CCCC2(CCCN2C(=O)c2ccc(OC)nc2)C1=O. The van der Waals surface area contributed by atoms with Gasteiger partial charge in [0.25, 0.3) is 5.91 Å². The van der Waals surface area contributed by atoms with Crippen LogP contribution in [0.1, 0.15) is 36.0 Å². The van der Waals surface area contributed by atoms with Crippen LogP contribution in [0.15, 0.2) is 18.3 Å². The average Bonchev–Trinajstić information content (AvgIpc) is 3.07. The first kappa shape index (κ1) is 17.7. The van der Waals surface area contributed by atoms with E-state index in [0.29, 0.717) is 31.1 Å². The Hall–Kier alpha value is -2.15. The van der Waals surface area contributed by atoms with Gasteiger partial charge in [-0.05, 0) is 31.7 Å². The van der Waals surface area contributed by atoms with E-state index in [0.717, 1.165) is 32.2 Å². The fraction of sp³-hybridized carbons (Fsp3) is 0.611. The third-order valence-corrected chi connectivity index (χ3v) is 5.20. The summed E-state index contributed by atoms with van der Waals surface area (Å²) in [7, 11) is 3.17. The molecule has 1 unspecified atom stereocenters. The summed E-state index contributed by atoms with van der Waals surface area (Å²) in [5.41, 5.74) is -0.216. The highest BCUT2D eigenvalue weighted by Gasteiger charge is 2.52. The number of hydrogen-bond acceptors (Lipinski definition) is 5. The van der Waals surface area contributed by atoms with Crippen LogP contribution in [0, 0.1) is 0 Å². The Kier molecular flexibility index (Phi) is 5.22. The predicted octanol–water partition coefficient (Wildman–Crippen LogP) is 1.33. The Balaban J connectivity index is 1.82. The molecule has 2 saturated heterocycles. The van der Waals surface area contributed by atoms with E-state index in [1.54, 1.807) is 24.1 Å². The van der Waals surface area contributed by atoms with Gasteiger partial charge in [0, 0.05) is 39.0 Å². The van der Waals surface area contributed by atoms with Gasteiger partial charge in [0.1, 0.15) is 5.54 Å². The summed E-state index contributed by atoms with van der Waals surface area (Å²) < 4.78 is 10.2. The molecule has 1 atom stereocenters. The first-order chi connectivity index (χ1) is 12.1. The van der Waals surface area contributed by atoms with Crippen molar-refractivity contribution in [2.24, 2.45) is 0 Å². The van der Waals surface area contributed by atoms with Crippen LogP contribution in [0.5, 0.6) is 5.88 Å². The van der Waals surface area contributed by atoms with Crippen molar-refractivity contribution in [1.29, 1.82) is 0 Å². The van der Waals surface area contributed by atoms with Gasteiger partial charge in [-0.15, -0.1) is 0 Å². The molecule has 0 N–H and O–H groups in total. The van der Waals surface area contributed by atoms with Gasteiger partial charge in [0.05, 0.1) is 19.3 Å². The molecule has 2 aliphatic rings. The Labute approximate surface area is 147 Å². The number of nitrogens with zero attached hydrogens (tertiary/aromatic N) is 3. The molecule has 2 fully saturated rings. The molecule has 7 nitrogen and oxygen atoms in total. The predicted molar refractivity (Wildman–Crippen MR) is 91.5 cm³/mol. The largest absolute Gasteiger partial charge is 0.481 e. The maximum absolute atomic E-state index is 13.1. The third-order valence-electron chi connectivity index (χ3n) is 5.20. The number of pyridine rings is 1. The minimum atomic E-state index is -0.705. The number of piperidine rings is 1. The van der Waals surface area contributed by atoms with Gasteiger partial charge in [-0.3, -0.25) is 9.59 Å². The molecule has 1 aromatic rings. The Morgan fingerprint density at radius 2 is 2.00 bits per heavy atom. The molecule has 1 aromatic heterocycles. The molecule has 2 aliphatic heterocycles. The summed E-state index contributed by atoms with van der Waals surface area (Å²) in [4.78, 5) is 33.9. The van der Waals surface area contributed by atoms with Crippen molar-refractivity contribution in [3.05, 3.63) is 23.9 Å². The van der Waals surface area contributed by atoms with Crippen molar-refractivity contribution in [1.82, 2.24) is 14.8 Å². The zero-order valence-corrected chi connectivity index (χ0v) is 14.9. The van der Waals surface area contributed by atoms with Gasteiger partial charge in [0.2, 0.25) is 11.8 Å². The lowest BCUT2D eigenvalue weighted by molar-refractivity contribution is -0.146. The maximum atomic E-state index is 13.1. The van der Waals surface area contributed by atoms with Crippen molar-refractivity contribution in [2.75, 3.05) is 40.5 Å². The molecule has 136 valence electrons. The number of likely N-dealkylation sites (tertiary alicyclic amines) is 2.